The summed E-state index contributed by atoms with van der Waals surface area (Å²) in [7, 11) is 0. The van der Waals surface area contributed by atoms with Crippen LogP contribution in [0.25, 0.3) is 27.6 Å². The summed E-state index contributed by atoms with van der Waals surface area (Å²) in [6.07, 6.45) is 12.9. The third-order valence-corrected chi connectivity index (χ3v) is 11.4. The second kappa shape index (κ2) is 10.8. The smallest absolute Gasteiger partial charge is 0.197 e. The number of hydrogen-bond donors (Lipinski definition) is 0. The quantitative estimate of drug-likeness (QED) is 0.178. The van der Waals surface area contributed by atoms with E-state index in [1.54, 1.807) is 11.1 Å². The number of aromatic nitrogens is 2. The van der Waals surface area contributed by atoms with Gasteiger partial charge in [-0.1, -0.05) is 81.8 Å². The van der Waals surface area contributed by atoms with E-state index in [-0.39, 0.29) is 5.41 Å². The van der Waals surface area contributed by atoms with Crippen LogP contribution in [0.4, 0.5) is 0 Å². The number of pyridine rings is 2. The number of fused-ring (bicyclic) bond motifs is 9. The number of rotatable bonds is 6. The second-order valence-corrected chi connectivity index (χ2v) is 13.4. The molecule has 5 aromatic rings. The monoisotopic (exact) mass is 576 g/mol. The van der Waals surface area contributed by atoms with Crippen molar-refractivity contribution in [3.63, 3.8) is 0 Å². The molecule has 0 bridgehead atoms. The summed E-state index contributed by atoms with van der Waals surface area (Å²) in [4.78, 5) is 0. The van der Waals surface area contributed by atoms with Crippen molar-refractivity contribution in [3.8, 4) is 11.3 Å². The minimum atomic E-state index is 0.0373. The first-order valence-corrected chi connectivity index (χ1v) is 17.0. The fraction of sp³-hybridized carbons (Fsp3) is 0.333. The lowest BCUT2D eigenvalue weighted by Gasteiger charge is -2.45. The molecule has 3 aromatic carbocycles. The SMILES string of the molecule is CCCCc1ccc2c3[n+](ccc2c1)C(C1C[n+]2ccccc2C2=C1CCc1ccccc12)C(CC)(CC)c1ccccc1-3. The molecule has 0 N–H and O–H groups in total. The van der Waals surface area contributed by atoms with Crippen LogP contribution in [0.3, 0.4) is 0 Å². The Hall–Kier alpha value is -4.04. The predicted molar refractivity (Wildman–Crippen MR) is 180 cm³/mol. The largest absolute Gasteiger partial charge is 0.220 e. The highest BCUT2D eigenvalue weighted by Crippen LogP contribution is 2.54. The van der Waals surface area contributed by atoms with E-state index < -0.39 is 0 Å². The fourth-order valence-corrected chi connectivity index (χ4v) is 9.27. The molecular formula is C42H44N2+2. The highest BCUT2D eigenvalue weighted by atomic mass is 15.1. The third kappa shape index (κ3) is 3.99. The number of hydrogen-bond acceptors (Lipinski definition) is 0. The summed E-state index contributed by atoms with van der Waals surface area (Å²) in [5, 5.41) is 2.76. The van der Waals surface area contributed by atoms with Gasteiger partial charge < -0.3 is 0 Å². The molecule has 2 atom stereocenters. The Morgan fingerprint density at radius 1 is 0.773 bits per heavy atom. The van der Waals surface area contributed by atoms with Crippen LogP contribution in [0, 0.1) is 5.92 Å². The first kappa shape index (κ1) is 27.5. The van der Waals surface area contributed by atoms with Gasteiger partial charge in [-0.15, -0.1) is 0 Å². The van der Waals surface area contributed by atoms with Crippen molar-refractivity contribution in [2.24, 2.45) is 5.92 Å². The molecule has 0 fully saturated rings. The molecule has 0 spiro atoms. The molecule has 2 heteroatoms. The number of allylic oxidation sites excluding steroid dienone is 1. The van der Waals surface area contributed by atoms with Crippen LogP contribution in [0.5, 0.6) is 0 Å². The number of benzene rings is 3. The van der Waals surface area contributed by atoms with Gasteiger partial charge in [0.05, 0.1) is 21.9 Å². The van der Waals surface area contributed by atoms with Crippen LogP contribution in [0.2, 0.25) is 0 Å². The normalized spacial score (nSPS) is 19.5. The molecule has 44 heavy (non-hydrogen) atoms. The Morgan fingerprint density at radius 2 is 1.57 bits per heavy atom. The summed E-state index contributed by atoms with van der Waals surface area (Å²) in [6.45, 7) is 8.18. The molecule has 220 valence electrons. The number of aryl methyl sites for hydroxylation is 2. The van der Waals surface area contributed by atoms with Gasteiger partial charge in [0.2, 0.25) is 11.4 Å². The molecule has 2 unspecified atom stereocenters. The van der Waals surface area contributed by atoms with Crippen LogP contribution in [-0.4, -0.2) is 0 Å². The Kier molecular flexibility index (Phi) is 6.78. The molecule has 2 aliphatic heterocycles. The minimum absolute atomic E-state index is 0.0373. The Labute approximate surface area is 262 Å². The fourth-order valence-electron chi connectivity index (χ4n) is 9.27. The molecule has 0 saturated heterocycles. The summed E-state index contributed by atoms with van der Waals surface area (Å²) in [6, 6.07) is 35.4. The van der Waals surface area contributed by atoms with E-state index in [9.17, 15) is 0 Å². The molecule has 0 amide bonds. The molecule has 0 radical (unpaired) electrons. The van der Waals surface area contributed by atoms with Gasteiger partial charge in [-0.3, -0.25) is 0 Å². The molecule has 8 rings (SSSR count). The Balaban J connectivity index is 1.41. The summed E-state index contributed by atoms with van der Waals surface area (Å²) in [5.41, 5.74) is 13.3. The predicted octanol–water partition coefficient (Wildman–Crippen LogP) is 9.12. The summed E-state index contributed by atoms with van der Waals surface area (Å²) < 4.78 is 5.30. The van der Waals surface area contributed by atoms with E-state index in [1.165, 1.54) is 62.8 Å². The van der Waals surface area contributed by atoms with Crippen molar-refractivity contribution >= 4 is 16.3 Å². The molecule has 3 aliphatic rings. The topological polar surface area (TPSA) is 7.76 Å². The zero-order chi connectivity index (χ0) is 29.8. The molecule has 4 heterocycles. The minimum Gasteiger partial charge on any atom is -0.197 e. The Morgan fingerprint density at radius 3 is 2.41 bits per heavy atom. The van der Waals surface area contributed by atoms with Crippen molar-refractivity contribution in [2.45, 2.75) is 83.7 Å². The van der Waals surface area contributed by atoms with Gasteiger partial charge in [0, 0.05) is 18.2 Å². The Bertz CT molecular complexity index is 1910. The lowest BCUT2D eigenvalue weighted by atomic mass is 9.59. The van der Waals surface area contributed by atoms with E-state index in [4.69, 9.17) is 0 Å². The van der Waals surface area contributed by atoms with Crippen molar-refractivity contribution in [1.29, 1.82) is 0 Å². The van der Waals surface area contributed by atoms with Crippen LogP contribution in [0.1, 0.15) is 86.9 Å². The molecule has 0 saturated carbocycles. The highest BCUT2D eigenvalue weighted by molar-refractivity contribution is 5.94. The van der Waals surface area contributed by atoms with Gasteiger partial charge in [-0.25, -0.2) is 0 Å². The molecule has 2 aromatic heterocycles. The standard InChI is InChI=1S/C42H44N2/c1-4-7-14-29-20-22-33-31(27-29)24-26-44-40(33)35-17-10-11-18-37(35)42(5-2,6-3)41(44)36-28-43-25-13-12-19-38(43)39-32-16-9-8-15-30(32)21-23-34(36)39/h8-13,15-20,22,24-27,36,41H,4-7,14,21,23,28H2,1-3H3/q+2. The number of nitrogens with zero attached hydrogens (tertiary/aromatic N) is 2. The zero-order valence-corrected chi connectivity index (χ0v) is 26.5. The van der Waals surface area contributed by atoms with E-state index in [0.717, 1.165) is 38.6 Å². The molecular weight excluding hydrogens is 532 g/mol. The molecule has 1 aliphatic carbocycles. The maximum Gasteiger partial charge on any atom is 0.220 e. The molecule has 2 nitrogen and oxygen atoms in total. The average molecular weight is 577 g/mol. The van der Waals surface area contributed by atoms with Crippen molar-refractivity contribution in [1.82, 2.24) is 0 Å². The maximum atomic E-state index is 2.74. The lowest BCUT2D eigenvalue weighted by Crippen LogP contribution is -2.62. The maximum absolute atomic E-state index is 2.74. The van der Waals surface area contributed by atoms with Gasteiger partial charge >= 0.3 is 0 Å². The van der Waals surface area contributed by atoms with Crippen LogP contribution < -0.4 is 9.13 Å². The van der Waals surface area contributed by atoms with Crippen molar-refractivity contribution < 1.29 is 9.13 Å². The van der Waals surface area contributed by atoms with Crippen LogP contribution >= 0.6 is 0 Å². The average Bonchev–Trinajstić information content (AvgIpc) is 3.09. The first-order valence-electron chi connectivity index (χ1n) is 17.0. The van der Waals surface area contributed by atoms with Gasteiger partial charge in [-0.2, -0.15) is 9.13 Å². The second-order valence-electron chi connectivity index (χ2n) is 13.4. The van der Waals surface area contributed by atoms with E-state index in [0.29, 0.717) is 12.0 Å². The van der Waals surface area contributed by atoms with E-state index in [2.05, 4.69) is 133 Å². The lowest BCUT2D eigenvalue weighted by molar-refractivity contribution is -0.756. The van der Waals surface area contributed by atoms with Crippen molar-refractivity contribution in [2.75, 3.05) is 0 Å². The van der Waals surface area contributed by atoms with Crippen molar-refractivity contribution in [3.05, 3.63) is 137 Å². The summed E-state index contributed by atoms with van der Waals surface area (Å²) >= 11 is 0. The highest BCUT2D eigenvalue weighted by Gasteiger charge is 2.57. The third-order valence-electron chi connectivity index (χ3n) is 11.4. The van der Waals surface area contributed by atoms with Gasteiger partial charge in [-0.05, 0) is 89.9 Å². The van der Waals surface area contributed by atoms with Gasteiger partial charge in [0.25, 0.3) is 0 Å². The van der Waals surface area contributed by atoms with E-state index in [1.807, 2.05) is 0 Å². The van der Waals surface area contributed by atoms with E-state index >= 15 is 0 Å². The first-order chi connectivity index (χ1) is 21.7. The summed E-state index contributed by atoms with van der Waals surface area (Å²) in [5.74, 6) is 0.400. The van der Waals surface area contributed by atoms with Crippen LogP contribution in [0.15, 0.2) is 109 Å². The van der Waals surface area contributed by atoms with Gasteiger partial charge in [0.1, 0.15) is 5.92 Å². The zero-order valence-electron chi connectivity index (χ0n) is 26.5. The van der Waals surface area contributed by atoms with Gasteiger partial charge in [0.15, 0.2) is 25.0 Å². The number of unbranched alkanes of at least 4 members (excludes halogenated alkanes) is 1. The van der Waals surface area contributed by atoms with Crippen LogP contribution in [-0.2, 0) is 24.8 Å².